The average molecular weight is 354 g/mol. The number of carbonyl (C=O) groups is 2. The molecule has 0 aliphatic rings. The minimum Gasteiger partial charge on any atom is -0.469 e. The molecule has 1 aromatic carbocycles. The molecule has 0 atom stereocenters. The van der Waals surface area contributed by atoms with E-state index in [1.165, 1.54) is 10.9 Å². The van der Waals surface area contributed by atoms with Gasteiger partial charge in [-0.2, -0.15) is 5.10 Å². The van der Waals surface area contributed by atoms with Crippen LogP contribution >= 0.6 is 0 Å². The summed E-state index contributed by atoms with van der Waals surface area (Å²) in [6, 6.07) is 10.3. The molecule has 3 rings (SSSR count). The van der Waals surface area contributed by atoms with E-state index in [0.29, 0.717) is 29.5 Å². The summed E-state index contributed by atoms with van der Waals surface area (Å²) in [6.07, 6.45) is 2.13. The molecule has 0 aliphatic heterocycles. The fourth-order valence-electron chi connectivity index (χ4n) is 2.56. The Labute approximate surface area is 148 Å². The summed E-state index contributed by atoms with van der Waals surface area (Å²) in [5, 5.41) is 4.95. The second-order valence-electron chi connectivity index (χ2n) is 5.60. The number of benzene rings is 1. The number of nitrogens with one attached hydrogen (secondary N) is 2. The molecule has 8 heteroatoms. The summed E-state index contributed by atoms with van der Waals surface area (Å²) in [5.74, 6) is -0.258. The first kappa shape index (κ1) is 17.4. The van der Waals surface area contributed by atoms with Gasteiger partial charge in [-0.3, -0.25) is 25.2 Å². The summed E-state index contributed by atoms with van der Waals surface area (Å²) >= 11 is 0. The molecule has 0 fully saturated rings. The van der Waals surface area contributed by atoms with Crippen LogP contribution in [0.3, 0.4) is 0 Å². The molecule has 0 radical (unpaired) electrons. The van der Waals surface area contributed by atoms with Crippen LogP contribution in [-0.2, 0) is 17.8 Å². The van der Waals surface area contributed by atoms with Gasteiger partial charge in [-0.1, -0.05) is 18.2 Å². The van der Waals surface area contributed by atoms with Gasteiger partial charge in [0.05, 0.1) is 11.6 Å². The molecule has 26 heavy (non-hydrogen) atoms. The average Bonchev–Trinajstić information content (AvgIpc) is 3.18. The minimum atomic E-state index is -0.588. The number of rotatable bonds is 5. The first-order valence-electron chi connectivity index (χ1n) is 8.21. The Morgan fingerprint density at radius 1 is 1.12 bits per heavy atom. The number of hydrogen-bond acceptors (Lipinski definition) is 5. The van der Waals surface area contributed by atoms with Crippen LogP contribution in [0, 0.1) is 0 Å². The molecule has 0 spiro atoms. The number of fused-ring (bicyclic) bond motifs is 1. The SMILES string of the molecule is CCn1nc(C(=O)NNC(=O)CCc2ccco2)c2ccccc2c1=O. The van der Waals surface area contributed by atoms with Gasteiger partial charge in [0, 0.05) is 24.8 Å². The fourth-order valence-corrected chi connectivity index (χ4v) is 2.56. The zero-order chi connectivity index (χ0) is 18.5. The van der Waals surface area contributed by atoms with E-state index in [1.54, 1.807) is 43.3 Å². The molecular formula is C18H18N4O4. The van der Waals surface area contributed by atoms with Crippen molar-refractivity contribution < 1.29 is 14.0 Å². The topological polar surface area (TPSA) is 106 Å². The van der Waals surface area contributed by atoms with E-state index in [4.69, 9.17) is 4.42 Å². The van der Waals surface area contributed by atoms with E-state index in [1.807, 2.05) is 0 Å². The van der Waals surface area contributed by atoms with Gasteiger partial charge >= 0.3 is 0 Å². The summed E-state index contributed by atoms with van der Waals surface area (Å²) < 4.78 is 6.37. The standard InChI is InChI=1S/C18H18N4O4/c1-2-22-18(25)14-8-4-3-7-13(14)16(21-22)17(24)20-19-15(23)10-9-12-6-5-11-26-12/h3-8,11H,2,9-10H2,1H3,(H,19,23)(H,20,24). The number of aryl methyl sites for hydroxylation is 2. The molecule has 8 nitrogen and oxygen atoms in total. The van der Waals surface area contributed by atoms with Gasteiger partial charge in [-0.25, -0.2) is 4.68 Å². The van der Waals surface area contributed by atoms with Crippen molar-refractivity contribution in [3.05, 3.63) is 64.5 Å². The monoisotopic (exact) mass is 354 g/mol. The third kappa shape index (κ3) is 3.64. The maximum absolute atomic E-state index is 12.5. The van der Waals surface area contributed by atoms with Crippen LogP contribution in [0.15, 0.2) is 51.9 Å². The number of furan rings is 1. The Hall–Kier alpha value is -3.42. The lowest BCUT2D eigenvalue weighted by molar-refractivity contribution is -0.121. The van der Waals surface area contributed by atoms with Gasteiger partial charge in [-0.15, -0.1) is 0 Å². The fraction of sp³-hybridized carbons (Fsp3) is 0.222. The molecule has 0 saturated heterocycles. The second kappa shape index (κ2) is 7.64. The van der Waals surface area contributed by atoms with E-state index in [0.717, 1.165) is 0 Å². The number of carbonyl (C=O) groups excluding carboxylic acids is 2. The second-order valence-corrected chi connectivity index (χ2v) is 5.60. The van der Waals surface area contributed by atoms with Crippen LogP contribution in [0.2, 0.25) is 0 Å². The largest absolute Gasteiger partial charge is 0.469 e. The van der Waals surface area contributed by atoms with Gasteiger partial charge in [0.2, 0.25) is 5.91 Å². The molecule has 0 bridgehead atoms. The lowest BCUT2D eigenvalue weighted by atomic mass is 10.1. The molecule has 2 amide bonds. The van der Waals surface area contributed by atoms with Gasteiger partial charge in [0.15, 0.2) is 5.69 Å². The highest BCUT2D eigenvalue weighted by Crippen LogP contribution is 2.13. The van der Waals surface area contributed by atoms with Crippen LogP contribution in [0.25, 0.3) is 10.8 Å². The van der Waals surface area contributed by atoms with Crippen LogP contribution < -0.4 is 16.4 Å². The maximum Gasteiger partial charge on any atom is 0.290 e. The van der Waals surface area contributed by atoms with Gasteiger partial charge in [-0.05, 0) is 25.1 Å². The Bertz CT molecular complexity index is 992. The van der Waals surface area contributed by atoms with Crippen molar-refractivity contribution >= 4 is 22.6 Å². The van der Waals surface area contributed by atoms with Crippen LogP contribution in [-0.4, -0.2) is 21.6 Å². The molecule has 2 aromatic heterocycles. The molecule has 0 saturated carbocycles. The number of hydrogen-bond donors (Lipinski definition) is 2. The molecule has 134 valence electrons. The zero-order valence-corrected chi connectivity index (χ0v) is 14.2. The van der Waals surface area contributed by atoms with Crippen molar-refractivity contribution in [1.29, 1.82) is 0 Å². The Kier molecular flexibility index (Phi) is 5.12. The summed E-state index contributed by atoms with van der Waals surface area (Å²) in [5.41, 5.74) is 4.51. The van der Waals surface area contributed by atoms with Crippen LogP contribution in [0.4, 0.5) is 0 Å². The lowest BCUT2D eigenvalue weighted by Gasteiger charge is -2.10. The molecule has 3 aromatic rings. The maximum atomic E-state index is 12.5. The van der Waals surface area contributed by atoms with E-state index < -0.39 is 5.91 Å². The Balaban J connectivity index is 1.72. The normalized spacial score (nSPS) is 10.7. The van der Waals surface area contributed by atoms with Crippen molar-refractivity contribution in [2.45, 2.75) is 26.3 Å². The first-order valence-corrected chi connectivity index (χ1v) is 8.21. The van der Waals surface area contributed by atoms with Gasteiger partial charge in [0.1, 0.15) is 5.76 Å². The molecular weight excluding hydrogens is 336 g/mol. The minimum absolute atomic E-state index is 0.0772. The van der Waals surface area contributed by atoms with E-state index >= 15 is 0 Å². The first-order chi connectivity index (χ1) is 12.6. The zero-order valence-electron chi connectivity index (χ0n) is 14.2. The van der Waals surface area contributed by atoms with Crippen molar-refractivity contribution in [3.63, 3.8) is 0 Å². The Morgan fingerprint density at radius 3 is 2.58 bits per heavy atom. The molecule has 2 N–H and O–H groups in total. The highest BCUT2D eigenvalue weighted by Gasteiger charge is 2.16. The predicted octanol–water partition coefficient (Wildman–Crippen LogP) is 1.40. The quantitative estimate of drug-likeness (QED) is 0.674. The van der Waals surface area contributed by atoms with Gasteiger partial charge < -0.3 is 4.42 Å². The number of aromatic nitrogens is 2. The highest BCUT2D eigenvalue weighted by atomic mass is 16.3. The lowest BCUT2D eigenvalue weighted by Crippen LogP contribution is -2.42. The molecule has 0 aliphatic carbocycles. The summed E-state index contributed by atoms with van der Waals surface area (Å²) in [4.78, 5) is 36.6. The highest BCUT2D eigenvalue weighted by molar-refractivity contribution is 6.05. The summed E-state index contributed by atoms with van der Waals surface area (Å²) in [6.45, 7) is 2.10. The number of amides is 2. The number of nitrogens with zero attached hydrogens (tertiary/aromatic N) is 2. The third-order valence-corrected chi connectivity index (χ3v) is 3.88. The predicted molar refractivity (Wildman–Crippen MR) is 94.3 cm³/mol. The number of hydrazine groups is 1. The van der Waals surface area contributed by atoms with Crippen molar-refractivity contribution in [3.8, 4) is 0 Å². The molecule has 2 heterocycles. The van der Waals surface area contributed by atoms with E-state index in [2.05, 4.69) is 16.0 Å². The van der Waals surface area contributed by atoms with Crippen LogP contribution in [0.1, 0.15) is 29.6 Å². The van der Waals surface area contributed by atoms with E-state index in [9.17, 15) is 14.4 Å². The van der Waals surface area contributed by atoms with Gasteiger partial charge in [0.25, 0.3) is 11.5 Å². The van der Waals surface area contributed by atoms with Crippen LogP contribution in [0.5, 0.6) is 0 Å². The third-order valence-electron chi connectivity index (χ3n) is 3.88. The van der Waals surface area contributed by atoms with Crippen molar-refractivity contribution in [2.75, 3.05) is 0 Å². The van der Waals surface area contributed by atoms with Crippen molar-refractivity contribution in [2.24, 2.45) is 0 Å². The van der Waals surface area contributed by atoms with E-state index in [-0.39, 0.29) is 23.6 Å². The van der Waals surface area contributed by atoms with Crippen molar-refractivity contribution in [1.82, 2.24) is 20.6 Å². The Morgan fingerprint density at radius 2 is 1.88 bits per heavy atom. The summed E-state index contributed by atoms with van der Waals surface area (Å²) in [7, 11) is 0. The molecule has 0 unspecified atom stereocenters. The smallest absolute Gasteiger partial charge is 0.290 e.